The van der Waals surface area contributed by atoms with Crippen LogP contribution in [0.2, 0.25) is 0 Å². The molecule has 65 valence electrons. The maximum Gasteiger partial charge on any atom is 0.149 e. The van der Waals surface area contributed by atoms with Gasteiger partial charge < -0.3 is 0 Å². The molecule has 2 rings (SSSR count). The third-order valence-electron chi connectivity index (χ3n) is 1.69. The SMILES string of the molecule is Cn1cc(-c2n[c]ccc2F)cn1. The second kappa shape index (κ2) is 2.97. The first-order valence-electron chi connectivity index (χ1n) is 3.79. The second-order valence-electron chi connectivity index (χ2n) is 2.67. The van der Waals surface area contributed by atoms with Crippen LogP contribution in [-0.2, 0) is 7.05 Å². The van der Waals surface area contributed by atoms with Crippen molar-refractivity contribution in [1.82, 2.24) is 14.8 Å². The van der Waals surface area contributed by atoms with E-state index in [9.17, 15) is 4.39 Å². The lowest BCUT2D eigenvalue weighted by molar-refractivity contribution is 0.625. The highest BCUT2D eigenvalue weighted by atomic mass is 19.1. The first-order valence-corrected chi connectivity index (χ1v) is 3.79. The van der Waals surface area contributed by atoms with Crippen molar-refractivity contribution in [3.63, 3.8) is 0 Å². The predicted molar refractivity (Wildman–Crippen MR) is 45.2 cm³/mol. The average Bonchev–Trinajstić information content (AvgIpc) is 2.53. The van der Waals surface area contributed by atoms with Crippen LogP contribution in [0.1, 0.15) is 0 Å². The molecule has 0 fully saturated rings. The molecule has 2 aromatic rings. The largest absolute Gasteiger partial charge is 0.275 e. The molecule has 0 N–H and O–H groups in total. The molecule has 0 atom stereocenters. The molecular formula is C9H7FN3. The summed E-state index contributed by atoms with van der Waals surface area (Å²) in [6.07, 6.45) is 5.86. The number of aromatic nitrogens is 3. The minimum Gasteiger partial charge on any atom is -0.275 e. The Kier molecular flexibility index (Phi) is 1.81. The van der Waals surface area contributed by atoms with Crippen molar-refractivity contribution in [3.05, 3.63) is 36.5 Å². The van der Waals surface area contributed by atoms with E-state index in [4.69, 9.17) is 0 Å². The fraction of sp³-hybridized carbons (Fsp3) is 0.111. The molecule has 0 spiro atoms. The third kappa shape index (κ3) is 1.42. The van der Waals surface area contributed by atoms with E-state index in [1.165, 1.54) is 12.1 Å². The van der Waals surface area contributed by atoms with Crippen molar-refractivity contribution in [2.75, 3.05) is 0 Å². The number of hydrogen-bond acceptors (Lipinski definition) is 2. The first-order chi connectivity index (χ1) is 6.27. The normalized spacial score (nSPS) is 10.3. The van der Waals surface area contributed by atoms with Crippen molar-refractivity contribution in [1.29, 1.82) is 0 Å². The minimum absolute atomic E-state index is 0.288. The van der Waals surface area contributed by atoms with E-state index < -0.39 is 0 Å². The quantitative estimate of drug-likeness (QED) is 0.657. The Balaban J connectivity index is 2.52. The number of aryl methyl sites for hydroxylation is 1. The van der Waals surface area contributed by atoms with Gasteiger partial charge in [-0.05, 0) is 12.1 Å². The average molecular weight is 176 g/mol. The summed E-state index contributed by atoms with van der Waals surface area (Å²) in [6.45, 7) is 0. The molecule has 2 heterocycles. The van der Waals surface area contributed by atoms with Gasteiger partial charge in [-0.1, -0.05) is 0 Å². The van der Waals surface area contributed by atoms with Gasteiger partial charge in [-0.2, -0.15) is 5.10 Å². The zero-order chi connectivity index (χ0) is 9.26. The first kappa shape index (κ1) is 7.91. The highest BCUT2D eigenvalue weighted by Gasteiger charge is 2.06. The minimum atomic E-state index is -0.355. The molecule has 13 heavy (non-hydrogen) atoms. The zero-order valence-electron chi connectivity index (χ0n) is 7.03. The van der Waals surface area contributed by atoms with E-state index >= 15 is 0 Å². The van der Waals surface area contributed by atoms with Crippen LogP contribution in [0.4, 0.5) is 4.39 Å². The van der Waals surface area contributed by atoms with Crippen molar-refractivity contribution >= 4 is 0 Å². The topological polar surface area (TPSA) is 30.7 Å². The molecule has 0 bridgehead atoms. The van der Waals surface area contributed by atoms with Gasteiger partial charge in [0.25, 0.3) is 0 Å². The number of rotatable bonds is 1. The van der Waals surface area contributed by atoms with Crippen LogP contribution in [0.5, 0.6) is 0 Å². The summed E-state index contributed by atoms with van der Waals surface area (Å²) in [6, 6.07) is 2.77. The van der Waals surface area contributed by atoms with E-state index in [0.29, 0.717) is 5.56 Å². The summed E-state index contributed by atoms with van der Waals surface area (Å²) in [7, 11) is 1.77. The summed E-state index contributed by atoms with van der Waals surface area (Å²) in [5, 5.41) is 3.93. The molecule has 4 heteroatoms. The third-order valence-corrected chi connectivity index (χ3v) is 1.69. The molecule has 0 aromatic carbocycles. The fourth-order valence-corrected chi connectivity index (χ4v) is 1.09. The number of pyridine rings is 1. The van der Waals surface area contributed by atoms with Gasteiger partial charge in [0, 0.05) is 18.8 Å². The molecule has 0 amide bonds. The molecule has 3 nitrogen and oxygen atoms in total. The van der Waals surface area contributed by atoms with E-state index in [2.05, 4.69) is 16.3 Å². The molecule has 0 aliphatic heterocycles. The van der Waals surface area contributed by atoms with Crippen molar-refractivity contribution < 1.29 is 4.39 Å². The van der Waals surface area contributed by atoms with Gasteiger partial charge >= 0.3 is 0 Å². The molecular weight excluding hydrogens is 169 g/mol. The Hall–Kier alpha value is -1.71. The monoisotopic (exact) mass is 176 g/mol. The summed E-state index contributed by atoms with van der Waals surface area (Å²) in [4.78, 5) is 3.81. The Labute approximate surface area is 74.8 Å². The summed E-state index contributed by atoms with van der Waals surface area (Å²) in [5.41, 5.74) is 0.951. The van der Waals surface area contributed by atoms with Crippen molar-refractivity contribution in [3.8, 4) is 11.3 Å². The smallest absolute Gasteiger partial charge is 0.149 e. The van der Waals surface area contributed by atoms with Crippen LogP contribution < -0.4 is 0 Å². The molecule has 0 unspecified atom stereocenters. The van der Waals surface area contributed by atoms with Gasteiger partial charge in [-0.25, -0.2) is 9.37 Å². The lowest BCUT2D eigenvalue weighted by Crippen LogP contribution is -1.87. The maximum atomic E-state index is 13.2. The zero-order valence-corrected chi connectivity index (χ0v) is 7.03. The van der Waals surface area contributed by atoms with Crippen molar-refractivity contribution in [2.45, 2.75) is 0 Å². The van der Waals surface area contributed by atoms with Crippen LogP contribution in [0.15, 0.2) is 24.5 Å². The molecule has 0 aliphatic rings. The summed E-state index contributed by atoms with van der Waals surface area (Å²) < 4.78 is 14.8. The maximum absolute atomic E-state index is 13.2. The Morgan fingerprint density at radius 1 is 1.54 bits per heavy atom. The summed E-state index contributed by atoms with van der Waals surface area (Å²) >= 11 is 0. The standard InChI is InChI=1S/C9H7FN3/c1-13-6-7(5-12-13)9-8(10)3-2-4-11-9/h2-3,5-6H,1H3. The van der Waals surface area contributed by atoms with Gasteiger partial charge in [0.1, 0.15) is 11.5 Å². The van der Waals surface area contributed by atoms with Gasteiger partial charge in [-0.3, -0.25) is 4.68 Å². The molecule has 0 saturated heterocycles. The highest BCUT2D eigenvalue weighted by molar-refractivity contribution is 5.57. The Bertz CT molecular complexity index is 422. The van der Waals surface area contributed by atoms with E-state index in [1.54, 1.807) is 24.1 Å². The number of halogens is 1. The van der Waals surface area contributed by atoms with Crippen LogP contribution >= 0.6 is 0 Å². The van der Waals surface area contributed by atoms with Crippen LogP contribution in [-0.4, -0.2) is 14.8 Å². The fourth-order valence-electron chi connectivity index (χ4n) is 1.09. The predicted octanol–water partition coefficient (Wildman–Crippen LogP) is 1.42. The van der Waals surface area contributed by atoms with Crippen molar-refractivity contribution in [2.24, 2.45) is 7.05 Å². The van der Waals surface area contributed by atoms with E-state index in [0.717, 1.165) is 0 Å². The number of nitrogens with zero attached hydrogens (tertiary/aromatic N) is 3. The number of hydrogen-bond donors (Lipinski definition) is 0. The lowest BCUT2D eigenvalue weighted by Gasteiger charge is -1.95. The molecule has 1 radical (unpaired) electrons. The molecule has 0 aliphatic carbocycles. The van der Waals surface area contributed by atoms with Gasteiger partial charge in [0.05, 0.1) is 12.4 Å². The summed E-state index contributed by atoms with van der Waals surface area (Å²) in [5.74, 6) is -0.355. The lowest BCUT2D eigenvalue weighted by atomic mass is 10.2. The Morgan fingerprint density at radius 2 is 2.38 bits per heavy atom. The molecule has 0 saturated carbocycles. The van der Waals surface area contributed by atoms with E-state index in [-0.39, 0.29) is 11.5 Å². The van der Waals surface area contributed by atoms with Crippen LogP contribution in [0, 0.1) is 12.0 Å². The molecule has 2 aromatic heterocycles. The second-order valence-corrected chi connectivity index (χ2v) is 2.67. The van der Waals surface area contributed by atoms with Gasteiger partial charge in [-0.15, -0.1) is 0 Å². The van der Waals surface area contributed by atoms with Crippen LogP contribution in [0.25, 0.3) is 11.3 Å². The highest BCUT2D eigenvalue weighted by Crippen LogP contribution is 2.17. The Morgan fingerprint density at radius 3 is 3.00 bits per heavy atom. The van der Waals surface area contributed by atoms with Gasteiger partial charge in [0.2, 0.25) is 0 Å². The van der Waals surface area contributed by atoms with Crippen LogP contribution in [0.3, 0.4) is 0 Å². The van der Waals surface area contributed by atoms with Gasteiger partial charge in [0.15, 0.2) is 0 Å². The van der Waals surface area contributed by atoms with E-state index in [1.807, 2.05) is 0 Å².